The molecule has 0 saturated carbocycles. The maximum atomic E-state index is 13.8. The summed E-state index contributed by atoms with van der Waals surface area (Å²) in [6, 6.07) is 12.3. The van der Waals surface area contributed by atoms with Crippen molar-refractivity contribution in [3.05, 3.63) is 65.2 Å². The van der Waals surface area contributed by atoms with Gasteiger partial charge in [0.25, 0.3) is 0 Å². The molecule has 2 N–H and O–H groups in total. The first-order valence-corrected chi connectivity index (χ1v) is 6.75. The van der Waals surface area contributed by atoms with Crippen LogP contribution in [0.1, 0.15) is 23.6 Å². The number of halogens is 2. The highest BCUT2D eigenvalue weighted by Gasteiger charge is 2.19. The van der Waals surface area contributed by atoms with Gasteiger partial charge in [-0.1, -0.05) is 30.3 Å². The predicted molar refractivity (Wildman–Crippen MR) is 75.5 cm³/mol. The van der Waals surface area contributed by atoms with Crippen LogP contribution in [0.2, 0.25) is 0 Å². The van der Waals surface area contributed by atoms with Crippen molar-refractivity contribution in [2.24, 2.45) is 0 Å². The Labute approximate surface area is 116 Å². The molecule has 1 atom stereocenters. The van der Waals surface area contributed by atoms with E-state index in [1.54, 1.807) is 6.07 Å². The van der Waals surface area contributed by atoms with Gasteiger partial charge in [0.1, 0.15) is 0 Å². The summed E-state index contributed by atoms with van der Waals surface area (Å²) in [4.78, 5) is 0. The first-order chi connectivity index (χ1) is 9.75. The van der Waals surface area contributed by atoms with Crippen LogP contribution in [-0.2, 0) is 6.54 Å². The number of hydrogen-bond acceptors (Lipinski definition) is 2. The Bertz CT molecular complexity index is 613. The van der Waals surface area contributed by atoms with Gasteiger partial charge in [-0.3, -0.25) is 0 Å². The van der Waals surface area contributed by atoms with E-state index >= 15 is 0 Å². The Morgan fingerprint density at radius 1 is 1.05 bits per heavy atom. The van der Waals surface area contributed by atoms with Gasteiger partial charge in [-0.05, 0) is 36.2 Å². The lowest BCUT2D eigenvalue weighted by molar-refractivity contribution is 0.509. The van der Waals surface area contributed by atoms with E-state index in [0.29, 0.717) is 0 Å². The maximum Gasteiger partial charge on any atom is 0.181 e. The SMILES string of the molecule is Fc1cccc(NC2CCNCc3ccccc32)c1F. The highest BCUT2D eigenvalue weighted by atomic mass is 19.2. The summed E-state index contributed by atoms with van der Waals surface area (Å²) in [6.45, 7) is 1.64. The second-order valence-corrected chi connectivity index (χ2v) is 4.96. The van der Waals surface area contributed by atoms with Crippen LogP contribution in [0.4, 0.5) is 14.5 Å². The van der Waals surface area contributed by atoms with Gasteiger partial charge in [0.05, 0.1) is 11.7 Å². The summed E-state index contributed by atoms with van der Waals surface area (Å²) >= 11 is 0. The fourth-order valence-electron chi connectivity index (χ4n) is 2.61. The number of anilines is 1. The van der Waals surface area contributed by atoms with E-state index in [-0.39, 0.29) is 11.7 Å². The van der Waals surface area contributed by atoms with Crippen molar-refractivity contribution in [2.45, 2.75) is 19.0 Å². The van der Waals surface area contributed by atoms with Gasteiger partial charge >= 0.3 is 0 Å². The smallest absolute Gasteiger partial charge is 0.181 e. The second-order valence-electron chi connectivity index (χ2n) is 4.96. The summed E-state index contributed by atoms with van der Waals surface area (Å²) in [6.07, 6.45) is 0.826. The van der Waals surface area contributed by atoms with E-state index in [1.807, 2.05) is 18.2 Å². The van der Waals surface area contributed by atoms with E-state index in [2.05, 4.69) is 16.7 Å². The lowest BCUT2D eigenvalue weighted by atomic mass is 9.99. The van der Waals surface area contributed by atoms with Crippen LogP contribution in [0.5, 0.6) is 0 Å². The van der Waals surface area contributed by atoms with E-state index < -0.39 is 11.6 Å². The zero-order valence-corrected chi connectivity index (χ0v) is 11.0. The van der Waals surface area contributed by atoms with Gasteiger partial charge < -0.3 is 10.6 Å². The average Bonchev–Trinajstić information content (AvgIpc) is 2.67. The molecular weight excluding hydrogens is 258 g/mol. The van der Waals surface area contributed by atoms with E-state index in [9.17, 15) is 8.78 Å². The van der Waals surface area contributed by atoms with E-state index in [1.165, 1.54) is 11.6 Å². The molecule has 1 aliphatic heterocycles. The molecule has 2 nitrogen and oxygen atoms in total. The topological polar surface area (TPSA) is 24.1 Å². The zero-order valence-electron chi connectivity index (χ0n) is 11.0. The van der Waals surface area contributed by atoms with Crippen molar-refractivity contribution in [2.75, 3.05) is 11.9 Å². The second kappa shape index (κ2) is 5.59. The summed E-state index contributed by atoms with van der Waals surface area (Å²) in [5, 5.41) is 6.47. The van der Waals surface area contributed by atoms with Crippen LogP contribution < -0.4 is 10.6 Å². The molecule has 20 heavy (non-hydrogen) atoms. The molecule has 4 heteroatoms. The number of nitrogens with one attached hydrogen (secondary N) is 2. The van der Waals surface area contributed by atoms with Gasteiger partial charge in [-0.2, -0.15) is 0 Å². The molecule has 0 amide bonds. The van der Waals surface area contributed by atoms with Crippen molar-refractivity contribution >= 4 is 5.69 Å². The van der Waals surface area contributed by atoms with Gasteiger partial charge in [0, 0.05) is 6.54 Å². The van der Waals surface area contributed by atoms with Gasteiger partial charge in [0.15, 0.2) is 11.6 Å². The Morgan fingerprint density at radius 2 is 1.90 bits per heavy atom. The quantitative estimate of drug-likeness (QED) is 0.874. The Balaban J connectivity index is 1.92. The van der Waals surface area contributed by atoms with Gasteiger partial charge in [-0.15, -0.1) is 0 Å². The molecule has 3 rings (SSSR count). The van der Waals surface area contributed by atoms with Crippen LogP contribution in [-0.4, -0.2) is 6.54 Å². The number of hydrogen-bond donors (Lipinski definition) is 2. The zero-order chi connectivity index (χ0) is 13.9. The summed E-state index contributed by atoms with van der Waals surface area (Å²) < 4.78 is 27.1. The molecule has 0 bridgehead atoms. The standard InChI is InChI=1S/C16H16F2N2/c17-13-6-3-7-15(16(13)18)20-14-8-9-19-10-11-4-1-2-5-12(11)14/h1-7,14,19-20H,8-10H2. The van der Waals surface area contributed by atoms with Crippen molar-refractivity contribution in [1.82, 2.24) is 5.32 Å². The van der Waals surface area contributed by atoms with Gasteiger partial charge in [0.2, 0.25) is 0 Å². The van der Waals surface area contributed by atoms with Crippen LogP contribution in [0, 0.1) is 11.6 Å². The molecule has 0 aromatic heterocycles. The molecule has 0 spiro atoms. The fourth-order valence-corrected chi connectivity index (χ4v) is 2.61. The minimum absolute atomic E-state index is 0.0162. The molecule has 1 heterocycles. The monoisotopic (exact) mass is 274 g/mol. The number of fused-ring (bicyclic) bond motifs is 1. The minimum Gasteiger partial charge on any atom is -0.376 e. The third-order valence-corrected chi connectivity index (χ3v) is 3.64. The average molecular weight is 274 g/mol. The molecule has 0 aliphatic carbocycles. The van der Waals surface area contributed by atoms with Crippen molar-refractivity contribution < 1.29 is 8.78 Å². The molecule has 104 valence electrons. The summed E-state index contributed by atoms with van der Waals surface area (Å²) in [5.41, 5.74) is 2.55. The Morgan fingerprint density at radius 3 is 2.80 bits per heavy atom. The number of benzene rings is 2. The van der Waals surface area contributed by atoms with Crippen molar-refractivity contribution in [1.29, 1.82) is 0 Å². The lowest BCUT2D eigenvalue weighted by Crippen LogP contribution is -2.16. The first kappa shape index (κ1) is 13.1. The van der Waals surface area contributed by atoms with Crippen molar-refractivity contribution in [3.8, 4) is 0 Å². The van der Waals surface area contributed by atoms with Crippen LogP contribution >= 0.6 is 0 Å². The predicted octanol–water partition coefficient (Wildman–Crippen LogP) is 3.61. The molecule has 0 fully saturated rings. The fraction of sp³-hybridized carbons (Fsp3) is 0.250. The van der Waals surface area contributed by atoms with Crippen LogP contribution in [0.15, 0.2) is 42.5 Å². The van der Waals surface area contributed by atoms with Crippen LogP contribution in [0.3, 0.4) is 0 Å². The highest BCUT2D eigenvalue weighted by Crippen LogP contribution is 2.29. The van der Waals surface area contributed by atoms with E-state index in [4.69, 9.17) is 0 Å². The number of rotatable bonds is 2. The lowest BCUT2D eigenvalue weighted by Gasteiger charge is -2.20. The van der Waals surface area contributed by atoms with E-state index in [0.717, 1.165) is 31.1 Å². The molecule has 0 saturated heterocycles. The normalized spacial score (nSPS) is 18.2. The minimum atomic E-state index is -0.824. The van der Waals surface area contributed by atoms with Crippen molar-refractivity contribution in [3.63, 3.8) is 0 Å². The Kier molecular flexibility index (Phi) is 3.65. The third-order valence-electron chi connectivity index (χ3n) is 3.64. The summed E-state index contributed by atoms with van der Waals surface area (Å²) in [5.74, 6) is -1.64. The highest BCUT2D eigenvalue weighted by molar-refractivity contribution is 5.48. The Hall–Kier alpha value is -1.94. The molecule has 1 unspecified atom stereocenters. The molecule has 2 aromatic carbocycles. The molecule has 2 aromatic rings. The molecular formula is C16H16F2N2. The largest absolute Gasteiger partial charge is 0.376 e. The third kappa shape index (κ3) is 2.51. The summed E-state index contributed by atoms with van der Waals surface area (Å²) in [7, 11) is 0. The van der Waals surface area contributed by atoms with Gasteiger partial charge in [-0.25, -0.2) is 8.78 Å². The first-order valence-electron chi connectivity index (χ1n) is 6.75. The molecule has 1 aliphatic rings. The molecule has 0 radical (unpaired) electrons. The van der Waals surface area contributed by atoms with Crippen LogP contribution in [0.25, 0.3) is 0 Å². The maximum absolute atomic E-state index is 13.8.